The zero-order valence-corrected chi connectivity index (χ0v) is 15.3. The third-order valence-corrected chi connectivity index (χ3v) is 5.42. The van der Waals surface area contributed by atoms with Gasteiger partial charge in [0.1, 0.15) is 0 Å². The van der Waals surface area contributed by atoms with E-state index in [1.807, 2.05) is 19.1 Å². The van der Waals surface area contributed by atoms with Crippen LogP contribution in [0.4, 0.5) is 11.4 Å². The van der Waals surface area contributed by atoms with Crippen molar-refractivity contribution < 1.29 is 9.68 Å². The fourth-order valence-corrected chi connectivity index (χ4v) is 3.88. The Kier molecular flexibility index (Phi) is 5.36. The highest BCUT2D eigenvalue weighted by Gasteiger charge is 2.36. The van der Waals surface area contributed by atoms with Gasteiger partial charge in [-0.05, 0) is 54.7 Å². The molecule has 1 aliphatic carbocycles. The summed E-state index contributed by atoms with van der Waals surface area (Å²) in [6.45, 7) is 2.02. The normalized spacial score (nSPS) is 16.6. The minimum Gasteiger partial charge on any atom is -0.728 e. The van der Waals surface area contributed by atoms with Gasteiger partial charge in [0.05, 0.1) is 12.8 Å². The van der Waals surface area contributed by atoms with Gasteiger partial charge in [-0.1, -0.05) is 42.9 Å². The molecule has 1 fully saturated rings. The predicted molar refractivity (Wildman–Crippen MR) is 103 cm³/mol. The van der Waals surface area contributed by atoms with Gasteiger partial charge in [0.15, 0.2) is 5.75 Å². The van der Waals surface area contributed by atoms with Crippen LogP contribution in [-0.4, -0.2) is 12.5 Å². The molecule has 0 spiro atoms. The van der Waals surface area contributed by atoms with Crippen molar-refractivity contribution >= 4 is 11.4 Å². The van der Waals surface area contributed by atoms with E-state index < -0.39 is 0 Å². The van der Waals surface area contributed by atoms with Gasteiger partial charge in [0.2, 0.25) is 0 Å². The summed E-state index contributed by atoms with van der Waals surface area (Å²) in [5.41, 5.74) is 16.9. The van der Waals surface area contributed by atoms with Crippen molar-refractivity contribution in [2.45, 2.75) is 44.4 Å². The van der Waals surface area contributed by atoms with Crippen LogP contribution in [0.3, 0.4) is 0 Å². The molecule has 0 aliphatic heterocycles. The van der Waals surface area contributed by atoms with Gasteiger partial charge < -0.3 is 21.5 Å². The molecule has 0 aromatic heterocycles. The van der Waals surface area contributed by atoms with E-state index in [9.17, 15) is 5.21 Å². The molecule has 1 aliphatic rings. The Labute approximate surface area is 154 Å². The summed E-state index contributed by atoms with van der Waals surface area (Å²) in [7, 11) is 1.23. The molecule has 140 valence electrons. The lowest BCUT2D eigenvalue weighted by molar-refractivity contribution is -0.264. The van der Waals surface area contributed by atoms with Crippen molar-refractivity contribution in [3.8, 4) is 5.75 Å². The SMILES string of the molecule is CON([O-])Oc1ccc(C2(c3ccc(C)c(N)c3)CCCCC2)cc1N. The zero-order chi connectivity index (χ0) is 18.7. The third kappa shape index (κ3) is 3.49. The largest absolute Gasteiger partial charge is 0.728 e. The van der Waals surface area contributed by atoms with E-state index in [0.29, 0.717) is 5.69 Å². The number of aryl methyl sites for hydroxylation is 1. The lowest BCUT2D eigenvalue weighted by Crippen LogP contribution is -2.31. The molecule has 4 N–H and O–H groups in total. The van der Waals surface area contributed by atoms with Gasteiger partial charge in [-0.3, -0.25) is 4.84 Å². The first-order valence-electron chi connectivity index (χ1n) is 8.92. The molecule has 3 rings (SSSR count). The fourth-order valence-electron chi connectivity index (χ4n) is 3.88. The van der Waals surface area contributed by atoms with Crippen molar-refractivity contribution in [1.29, 1.82) is 0 Å². The van der Waals surface area contributed by atoms with Gasteiger partial charge in [0.25, 0.3) is 0 Å². The average molecular weight is 356 g/mol. The average Bonchev–Trinajstić information content (AvgIpc) is 2.66. The van der Waals surface area contributed by atoms with Crippen LogP contribution in [0.5, 0.6) is 5.75 Å². The van der Waals surface area contributed by atoms with Crippen LogP contribution in [-0.2, 0) is 10.3 Å². The van der Waals surface area contributed by atoms with E-state index in [2.05, 4.69) is 23.0 Å². The molecule has 0 heterocycles. The first kappa shape index (κ1) is 18.5. The van der Waals surface area contributed by atoms with Crippen LogP contribution in [0.2, 0.25) is 0 Å². The first-order chi connectivity index (χ1) is 12.5. The summed E-state index contributed by atoms with van der Waals surface area (Å²) in [6, 6.07) is 11.9. The molecule has 2 aromatic rings. The number of nitrogen functional groups attached to an aromatic ring is 2. The Morgan fingerprint density at radius 2 is 1.58 bits per heavy atom. The summed E-state index contributed by atoms with van der Waals surface area (Å²) in [5, 5.41) is 11.3. The molecule has 1 saturated carbocycles. The highest BCUT2D eigenvalue weighted by Crippen LogP contribution is 2.46. The van der Waals surface area contributed by atoms with Gasteiger partial charge in [-0.15, -0.1) is 0 Å². The predicted octanol–water partition coefficient (Wildman–Crippen LogP) is 4.06. The highest BCUT2D eigenvalue weighted by molar-refractivity contribution is 5.59. The molecule has 0 amide bonds. The van der Waals surface area contributed by atoms with Crippen molar-refractivity contribution in [3.63, 3.8) is 0 Å². The number of nitrogens with zero attached hydrogens (tertiary/aromatic N) is 1. The molecular weight excluding hydrogens is 330 g/mol. The maximum atomic E-state index is 11.3. The van der Waals surface area contributed by atoms with Crippen LogP contribution in [0.25, 0.3) is 0 Å². The molecule has 0 atom stereocenters. The van der Waals surface area contributed by atoms with Crippen LogP contribution in [0.1, 0.15) is 48.8 Å². The van der Waals surface area contributed by atoms with E-state index in [1.165, 1.54) is 19.1 Å². The molecule has 0 radical (unpaired) electrons. The van der Waals surface area contributed by atoms with E-state index in [1.54, 1.807) is 6.07 Å². The van der Waals surface area contributed by atoms with Crippen LogP contribution >= 0.6 is 0 Å². The monoisotopic (exact) mass is 356 g/mol. The van der Waals surface area contributed by atoms with E-state index >= 15 is 0 Å². The quantitative estimate of drug-likeness (QED) is 0.619. The highest BCUT2D eigenvalue weighted by atomic mass is 17.1. The lowest BCUT2D eigenvalue weighted by Gasteiger charge is -2.39. The maximum absolute atomic E-state index is 11.3. The van der Waals surface area contributed by atoms with E-state index in [-0.39, 0.29) is 16.6 Å². The summed E-state index contributed by atoms with van der Waals surface area (Å²) < 4.78 is 0. The lowest BCUT2D eigenvalue weighted by atomic mass is 9.65. The van der Waals surface area contributed by atoms with Gasteiger partial charge in [0, 0.05) is 11.1 Å². The second-order valence-electron chi connectivity index (χ2n) is 6.96. The number of rotatable bonds is 5. The minimum atomic E-state index is -0.120. The van der Waals surface area contributed by atoms with Crippen molar-refractivity contribution in [3.05, 3.63) is 58.3 Å². The molecule has 6 heteroatoms. The van der Waals surface area contributed by atoms with Crippen molar-refractivity contribution in [2.75, 3.05) is 18.6 Å². The summed E-state index contributed by atoms with van der Waals surface area (Å²) >= 11 is 0. The minimum absolute atomic E-state index is 0.0302. The molecule has 6 nitrogen and oxygen atoms in total. The Bertz CT molecular complexity index is 773. The van der Waals surface area contributed by atoms with Gasteiger partial charge in [-0.2, -0.15) is 0 Å². The zero-order valence-electron chi connectivity index (χ0n) is 15.3. The number of hydrogen-bond donors (Lipinski definition) is 2. The smallest absolute Gasteiger partial charge is 0.172 e. The van der Waals surface area contributed by atoms with Gasteiger partial charge in [-0.25, -0.2) is 0 Å². The maximum Gasteiger partial charge on any atom is 0.172 e. The Balaban J connectivity index is 2.03. The van der Waals surface area contributed by atoms with Crippen molar-refractivity contribution in [2.24, 2.45) is 0 Å². The first-order valence-corrected chi connectivity index (χ1v) is 8.92. The van der Waals surface area contributed by atoms with Gasteiger partial charge >= 0.3 is 0 Å². The third-order valence-electron chi connectivity index (χ3n) is 5.42. The standard InChI is InChI=1S/C20H26N3O3/c1-14-6-7-15(12-17(14)21)20(10-4-3-5-11-20)16-8-9-19(18(22)13-16)26-23(24)25-2/h6-9,12-13H,3-5,10-11,21-22H2,1-2H3/q-1. The topological polar surface area (TPSA) is 96.8 Å². The number of hydrogen-bond acceptors (Lipinski definition) is 6. The number of anilines is 2. The van der Waals surface area contributed by atoms with Crippen molar-refractivity contribution in [1.82, 2.24) is 5.39 Å². The van der Waals surface area contributed by atoms with Crippen LogP contribution in [0, 0.1) is 12.1 Å². The second kappa shape index (κ2) is 7.53. The Morgan fingerprint density at radius 1 is 0.962 bits per heavy atom. The molecule has 2 aromatic carbocycles. The summed E-state index contributed by atoms with van der Waals surface area (Å²) in [5.74, 6) is 0.278. The van der Waals surface area contributed by atoms with E-state index in [0.717, 1.165) is 42.5 Å². The Hall–Kier alpha value is -2.28. The summed E-state index contributed by atoms with van der Waals surface area (Å²) in [4.78, 5) is 9.48. The fraction of sp³-hybridized carbons (Fsp3) is 0.400. The van der Waals surface area contributed by atoms with Crippen LogP contribution < -0.4 is 16.3 Å². The Morgan fingerprint density at radius 3 is 2.15 bits per heavy atom. The molecule has 26 heavy (non-hydrogen) atoms. The second-order valence-corrected chi connectivity index (χ2v) is 6.96. The molecule has 0 unspecified atom stereocenters. The number of benzene rings is 2. The summed E-state index contributed by atoms with van der Waals surface area (Å²) in [6.07, 6.45) is 5.63. The molecule has 0 bridgehead atoms. The van der Waals surface area contributed by atoms with E-state index in [4.69, 9.17) is 16.3 Å². The number of nitrogens with two attached hydrogens (primary N) is 2. The molecular formula is C20H26N3O3-. The van der Waals surface area contributed by atoms with Crippen LogP contribution in [0.15, 0.2) is 36.4 Å². The molecule has 0 saturated heterocycles.